The van der Waals surface area contributed by atoms with Gasteiger partial charge < -0.3 is 64.2 Å². The first-order chi connectivity index (χ1) is 21.1. The number of aliphatic hydroxyl groups excluding tert-OH is 7. The predicted molar refractivity (Wildman–Crippen MR) is 148 cm³/mol. The Balaban J connectivity index is 1.26. The number of carbonyl (C=O) groups excluding carboxylic acids is 1. The van der Waals surface area contributed by atoms with Crippen molar-refractivity contribution in [1.29, 1.82) is 0 Å². The summed E-state index contributed by atoms with van der Waals surface area (Å²) in [6.45, 7) is 0.471. The molecule has 0 radical (unpaired) electrons. The van der Waals surface area contributed by atoms with Crippen molar-refractivity contribution in [2.24, 2.45) is 11.8 Å². The molecular formula is C30H38O14. The Hall–Kier alpha value is -2.73. The van der Waals surface area contributed by atoms with Gasteiger partial charge in [-0.15, -0.1) is 0 Å². The fraction of sp³-hybridized carbons (Fsp3) is 0.567. The molecule has 14 nitrogen and oxygen atoms in total. The highest BCUT2D eigenvalue weighted by atomic mass is 16.8. The van der Waals surface area contributed by atoms with E-state index in [1.807, 2.05) is 18.2 Å². The van der Waals surface area contributed by atoms with E-state index in [0.717, 1.165) is 5.56 Å². The van der Waals surface area contributed by atoms with Gasteiger partial charge in [-0.3, -0.25) is 0 Å². The zero-order chi connectivity index (χ0) is 31.5. The maximum atomic E-state index is 12.5. The normalized spacial score (nSPS) is 42.0. The number of fused-ring (bicyclic) bond motifs is 1. The zero-order valence-corrected chi connectivity index (χ0v) is 23.8. The van der Waals surface area contributed by atoms with Crippen molar-refractivity contribution in [1.82, 2.24) is 0 Å². The molecule has 0 bridgehead atoms. The molecule has 5 rings (SSSR count). The van der Waals surface area contributed by atoms with Gasteiger partial charge in [0, 0.05) is 12.0 Å². The van der Waals surface area contributed by atoms with Gasteiger partial charge in [-0.25, -0.2) is 4.79 Å². The van der Waals surface area contributed by atoms with Crippen LogP contribution < -0.4 is 0 Å². The van der Waals surface area contributed by atoms with E-state index in [1.54, 1.807) is 31.2 Å². The molecule has 242 valence electrons. The molecule has 4 aliphatic rings. The first-order valence-electron chi connectivity index (χ1n) is 14.3. The van der Waals surface area contributed by atoms with Crippen molar-refractivity contribution in [3.05, 3.63) is 66.0 Å². The standard InChI is InChI=1S/C30H38O14/c1-14-22(34)27(43-20(33)8-7-15-5-3-2-4-6-15)26(38)30(40-14)41-18-11-16(12-31)21-17(18)9-10-39-28(21)44-29-25(37)24(36)23(35)19(13-32)42-29/h2-11,14,17-19,21-32,34-38H,12-13H2,1H3/b8-7+/t14-,17+,18-,19-,21+,22+,23+,24-,25-,26-,27-,28-,29-,30+/m0/s1. The molecule has 0 aromatic heterocycles. The van der Waals surface area contributed by atoms with Gasteiger partial charge in [-0.2, -0.15) is 0 Å². The van der Waals surface area contributed by atoms with Crippen LogP contribution in [0, 0.1) is 11.8 Å². The topological polar surface area (TPSA) is 214 Å². The van der Waals surface area contributed by atoms with Gasteiger partial charge in [-0.1, -0.05) is 36.4 Å². The number of carbonyl (C=O) groups is 1. The van der Waals surface area contributed by atoms with Crippen molar-refractivity contribution >= 4 is 12.0 Å². The summed E-state index contributed by atoms with van der Waals surface area (Å²) in [6.07, 6.45) is -8.76. The van der Waals surface area contributed by atoms with Crippen molar-refractivity contribution in [2.75, 3.05) is 13.2 Å². The number of hydrogen-bond donors (Lipinski definition) is 7. The Morgan fingerprint density at radius 2 is 1.61 bits per heavy atom. The monoisotopic (exact) mass is 622 g/mol. The first kappa shape index (κ1) is 32.7. The summed E-state index contributed by atoms with van der Waals surface area (Å²) in [5.74, 6) is -2.00. The van der Waals surface area contributed by atoms with E-state index in [-0.39, 0.29) is 0 Å². The van der Waals surface area contributed by atoms with Gasteiger partial charge >= 0.3 is 5.97 Å². The number of esters is 1. The largest absolute Gasteiger partial charge is 0.472 e. The highest BCUT2D eigenvalue weighted by molar-refractivity contribution is 5.87. The number of aliphatic hydroxyl groups is 7. The molecule has 2 fully saturated rings. The van der Waals surface area contributed by atoms with E-state index >= 15 is 0 Å². The molecule has 1 aromatic rings. The van der Waals surface area contributed by atoms with Crippen molar-refractivity contribution < 1.29 is 69.0 Å². The quantitative estimate of drug-likeness (QED) is 0.0931. The van der Waals surface area contributed by atoms with E-state index in [0.29, 0.717) is 5.57 Å². The molecule has 3 heterocycles. The van der Waals surface area contributed by atoms with E-state index in [2.05, 4.69) is 0 Å². The van der Waals surface area contributed by atoms with Crippen LogP contribution in [0.1, 0.15) is 12.5 Å². The summed E-state index contributed by atoms with van der Waals surface area (Å²) in [5.41, 5.74) is 1.19. The second-order valence-corrected chi connectivity index (χ2v) is 11.1. The molecule has 2 saturated heterocycles. The number of benzene rings is 1. The SMILES string of the molecule is C[C@@H]1O[C@H](O[C@H]2C=C(CO)[C@H]3[C@H](O[C@@H]4O[C@@H](CO)[C@@H](O)[C@H](O)[C@@H]4O)OC=C[C@@H]32)[C@@H](O)[C@@H](OC(=O)/C=C/c2ccccc2)[C@@H]1O. The van der Waals surface area contributed by atoms with Crippen molar-refractivity contribution in [3.63, 3.8) is 0 Å². The van der Waals surface area contributed by atoms with Gasteiger partial charge in [0.15, 0.2) is 18.7 Å². The van der Waals surface area contributed by atoms with Crippen LogP contribution in [-0.4, -0.2) is 129 Å². The highest BCUT2D eigenvalue weighted by Crippen LogP contribution is 2.43. The minimum absolute atomic E-state index is 0.427. The van der Waals surface area contributed by atoms with E-state index < -0.39 is 105 Å². The predicted octanol–water partition coefficient (Wildman–Crippen LogP) is -1.69. The number of rotatable bonds is 9. The van der Waals surface area contributed by atoms with E-state index in [9.17, 15) is 40.5 Å². The van der Waals surface area contributed by atoms with Gasteiger partial charge in [0.1, 0.15) is 36.6 Å². The molecule has 14 atom stereocenters. The summed E-state index contributed by atoms with van der Waals surface area (Å²) in [7, 11) is 0. The van der Waals surface area contributed by atoms with Crippen LogP contribution >= 0.6 is 0 Å². The smallest absolute Gasteiger partial charge is 0.331 e. The maximum Gasteiger partial charge on any atom is 0.331 e. The minimum atomic E-state index is -1.67. The third kappa shape index (κ3) is 6.76. The molecule has 44 heavy (non-hydrogen) atoms. The van der Waals surface area contributed by atoms with Crippen molar-refractivity contribution in [2.45, 2.75) is 80.7 Å². The van der Waals surface area contributed by atoms with Gasteiger partial charge in [0.2, 0.25) is 6.29 Å². The third-order valence-corrected chi connectivity index (χ3v) is 8.24. The van der Waals surface area contributed by atoms with Crippen LogP contribution in [0.4, 0.5) is 0 Å². The van der Waals surface area contributed by atoms with Crippen LogP contribution in [-0.2, 0) is 33.2 Å². The van der Waals surface area contributed by atoms with Crippen LogP contribution in [0.5, 0.6) is 0 Å². The Labute approximate surface area is 253 Å². The molecule has 3 aliphatic heterocycles. The lowest BCUT2D eigenvalue weighted by Crippen LogP contribution is -2.60. The molecule has 0 unspecified atom stereocenters. The average Bonchev–Trinajstić information content (AvgIpc) is 3.39. The summed E-state index contributed by atoms with van der Waals surface area (Å²) in [5, 5.41) is 72.0. The Morgan fingerprint density at radius 3 is 2.32 bits per heavy atom. The fourth-order valence-electron chi connectivity index (χ4n) is 5.79. The molecule has 0 spiro atoms. The fourth-order valence-corrected chi connectivity index (χ4v) is 5.79. The van der Waals surface area contributed by atoms with Gasteiger partial charge in [0.05, 0.1) is 37.6 Å². The van der Waals surface area contributed by atoms with Gasteiger partial charge in [-0.05, 0) is 30.2 Å². The minimum Gasteiger partial charge on any atom is -0.472 e. The number of hydrogen-bond acceptors (Lipinski definition) is 14. The second kappa shape index (κ2) is 14.1. The number of ether oxygens (including phenoxy) is 6. The molecular weight excluding hydrogens is 584 g/mol. The Morgan fingerprint density at radius 1 is 0.886 bits per heavy atom. The van der Waals surface area contributed by atoms with Crippen LogP contribution in [0.25, 0.3) is 6.08 Å². The molecule has 0 saturated carbocycles. The third-order valence-electron chi connectivity index (χ3n) is 8.24. The van der Waals surface area contributed by atoms with Crippen LogP contribution in [0.3, 0.4) is 0 Å². The zero-order valence-electron chi connectivity index (χ0n) is 23.8. The van der Waals surface area contributed by atoms with E-state index in [4.69, 9.17) is 28.4 Å². The lowest BCUT2D eigenvalue weighted by Gasteiger charge is -2.43. The average molecular weight is 623 g/mol. The lowest BCUT2D eigenvalue weighted by atomic mass is 9.88. The Bertz CT molecular complexity index is 1200. The Kier molecular flexibility index (Phi) is 10.5. The molecule has 1 aliphatic carbocycles. The summed E-state index contributed by atoms with van der Waals surface area (Å²) < 4.78 is 34.2. The summed E-state index contributed by atoms with van der Waals surface area (Å²) >= 11 is 0. The summed E-state index contributed by atoms with van der Waals surface area (Å²) in [6, 6.07) is 9.03. The molecule has 14 heteroatoms. The summed E-state index contributed by atoms with van der Waals surface area (Å²) in [4.78, 5) is 12.5. The molecule has 1 aromatic carbocycles. The first-order valence-corrected chi connectivity index (χ1v) is 14.3. The molecule has 7 N–H and O–H groups in total. The maximum absolute atomic E-state index is 12.5. The highest BCUT2D eigenvalue weighted by Gasteiger charge is 2.52. The van der Waals surface area contributed by atoms with E-state index in [1.165, 1.54) is 18.4 Å². The van der Waals surface area contributed by atoms with Gasteiger partial charge in [0.25, 0.3) is 0 Å². The van der Waals surface area contributed by atoms with Crippen LogP contribution in [0.15, 0.2) is 60.4 Å². The second-order valence-electron chi connectivity index (χ2n) is 11.1. The molecule has 0 amide bonds. The van der Waals surface area contributed by atoms with Crippen LogP contribution in [0.2, 0.25) is 0 Å². The van der Waals surface area contributed by atoms with Crippen molar-refractivity contribution in [3.8, 4) is 0 Å². The lowest BCUT2D eigenvalue weighted by molar-refractivity contribution is -0.341.